The average molecular weight is 398 g/mol. The Bertz CT molecular complexity index is 748. The van der Waals surface area contributed by atoms with Crippen LogP contribution in [0.15, 0.2) is 22.8 Å². The molecule has 0 aliphatic carbocycles. The van der Waals surface area contributed by atoms with Gasteiger partial charge in [-0.15, -0.1) is 0 Å². The number of hydrogen-bond acceptors (Lipinski definition) is 5. The van der Waals surface area contributed by atoms with Crippen LogP contribution in [0.5, 0.6) is 0 Å². The molecule has 0 spiro atoms. The zero-order valence-corrected chi connectivity index (χ0v) is 16.3. The number of carbonyl (C=O) groups excluding carboxylic acids is 2. The molecule has 2 fully saturated rings. The lowest BCUT2D eigenvalue weighted by atomic mass is 10.0. The molecule has 2 aliphatic heterocycles. The number of hydrogen-bond donors (Lipinski definition) is 1. The second kappa shape index (κ2) is 8.30. The highest BCUT2D eigenvalue weighted by Crippen LogP contribution is 2.15. The number of carbonyl (C=O) groups is 2. The van der Waals surface area contributed by atoms with E-state index in [9.17, 15) is 18.0 Å². The Hall–Kier alpha value is -2.07. The molecule has 9 nitrogen and oxygen atoms in total. The van der Waals surface area contributed by atoms with Gasteiger partial charge in [0.15, 0.2) is 5.76 Å². The molecular formula is C17H26N4O5S. The Kier molecular flexibility index (Phi) is 6.05. The summed E-state index contributed by atoms with van der Waals surface area (Å²) in [7, 11) is -3.20. The number of sulfonamides is 1. The summed E-state index contributed by atoms with van der Waals surface area (Å²) >= 11 is 0. The van der Waals surface area contributed by atoms with Crippen LogP contribution in [0.3, 0.4) is 0 Å². The molecule has 2 saturated heterocycles. The van der Waals surface area contributed by atoms with Crippen LogP contribution in [0.4, 0.5) is 4.79 Å². The Labute approximate surface area is 159 Å². The summed E-state index contributed by atoms with van der Waals surface area (Å²) in [6, 6.07) is 3.18. The van der Waals surface area contributed by atoms with E-state index in [0.29, 0.717) is 57.9 Å². The molecule has 1 aromatic heterocycles. The number of amides is 3. The van der Waals surface area contributed by atoms with Crippen LogP contribution in [-0.2, 0) is 10.0 Å². The van der Waals surface area contributed by atoms with Crippen molar-refractivity contribution in [3.63, 3.8) is 0 Å². The van der Waals surface area contributed by atoms with E-state index in [1.165, 1.54) is 10.6 Å². The number of furan rings is 1. The third kappa shape index (κ3) is 4.62. The molecule has 2 aliphatic rings. The lowest BCUT2D eigenvalue weighted by molar-refractivity contribution is 0.0673. The largest absolute Gasteiger partial charge is 0.459 e. The van der Waals surface area contributed by atoms with Gasteiger partial charge >= 0.3 is 6.03 Å². The molecule has 3 amide bonds. The van der Waals surface area contributed by atoms with Gasteiger partial charge in [-0.1, -0.05) is 0 Å². The van der Waals surface area contributed by atoms with E-state index in [4.69, 9.17) is 4.42 Å². The molecule has 1 aromatic rings. The number of piperazine rings is 1. The fourth-order valence-corrected chi connectivity index (χ4v) is 4.49. The summed E-state index contributed by atoms with van der Waals surface area (Å²) in [6.07, 6.45) is 2.84. The van der Waals surface area contributed by atoms with Gasteiger partial charge in [0.1, 0.15) is 0 Å². The van der Waals surface area contributed by atoms with Crippen molar-refractivity contribution in [2.45, 2.75) is 25.8 Å². The van der Waals surface area contributed by atoms with Crippen molar-refractivity contribution in [3.05, 3.63) is 24.2 Å². The molecule has 0 radical (unpaired) electrons. The third-order valence-electron chi connectivity index (χ3n) is 5.13. The highest BCUT2D eigenvalue weighted by molar-refractivity contribution is 7.89. The van der Waals surface area contributed by atoms with Crippen molar-refractivity contribution < 1.29 is 22.4 Å². The van der Waals surface area contributed by atoms with E-state index in [1.54, 1.807) is 28.9 Å². The molecule has 27 heavy (non-hydrogen) atoms. The Morgan fingerprint density at radius 1 is 1.11 bits per heavy atom. The molecule has 0 atom stereocenters. The van der Waals surface area contributed by atoms with Crippen LogP contribution in [0, 0.1) is 0 Å². The van der Waals surface area contributed by atoms with E-state index in [-0.39, 0.29) is 23.7 Å². The lowest BCUT2D eigenvalue weighted by Gasteiger charge is -2.36. The molecule has 3 heterocycles. The van der Waals surface area contributed by atoms with Gasteiger partial charge in [0.25, 0.3) is 5.91 Å². The van der Waals surface area contributed by atoms with Crippen molar-refractivity contribution in [2.75, 3.05) is 45.0 Å². The van der Waals surface area contributed by atoms with Crippen LogP contribution in [0.25, 0.3) is 0 Å². The number of urea groups is 1. The maximum atomic E-state index is 12.4. The van der Waals surface area contributed by atoms with Crippen molar-refractivity contribution >= 4 is 22.0 Å². The monoisotopic (exact) mass is 398 g/mol. The van der Waals surface area contributed by atoms with Crippen LogP contribution in [0.1, 0.15) is 30.3 Å². The summed E-state index contributed by atoms with van der Waals surface area (Å²) in [5.41, 5.74) is 0. The molecule has 0 aromatic carbocycles. The maximum Gasteiger partial charge on any atom is 0.317 e. The van der Waals surface area contributed by atoms with Crippen molar-refractivity contribution in [2.24, 2.45) is 0 Å². The Morgan fingerprint density at radius 3 is 2.33 bits per heavy atom. The average Bonchev–Trinajstić information content (AvgIpc) is 3.23. The third-order valence-corrected chi connectivity index (χ3v) is 7.01. The molecule has 10 heteroatoms. The van der Waals surface area contributed by atoms with Gasteiger partial charge in [0.2, 0.25) is 10.0 Å². The second-order valence-electron chi connectivity index (χ2n) is 6.78. The van der Waals surface area contributed by atoms with Crippen LogP contribution in [0.2, 0.25) is 0 Å². The minimum absolute atomic E-state index is 0.00977. The molecule has 0 bridgehead atoms. The minimum Gasteiger partial charge on any atom is -0.459 e. The number of rotatable bonds is 4. The molecule has 0 saturated carbocycles. The summed E-state index contributed by atoms with van der Waals surface area (Å²) in [5, 5.41) is 3.01. The molecule has 0 unspecified atom stereocenters. The molecule has 150 valence electrons. The number of likely N-dealkylation sites (tertiary alicyclic amines) is 1. The SMILES string of the molecule is CCS(=O)(=O)N1CCN(C(=O)NC2CCN(C(=O)c3ccco3)CC2)CC1. The fourth-order valence-electron chi connectivity index (χ4n) is 3.40. The van der Waals surface area contributed by atoms with Gasteiger partial charge in [0.05, 0.1) is 12.0 Å². The van der Waals surface area contributed by atoms with Gasteiger partial charge in [-0.05, 0) is 31.9 Å². The van der Waals surface area contributed by atoms with Gasteiger partial charge in [-0.25, -0.2) is 13.2 Å². The van der Waals surface area contributed by atoms with Crippen LogP contribution >= 0.6 is 0 Å². The standard InChI is InChI=1S/C17H26N4O5S/c1-2-27(24,25)21-11-9-20(10-12-21)17(23)18-14-5-7-19(8-6-14)16(22)15-4-3-13-26-15/h3-4,13-14H,2,5-12H2,1H3,(H,18,23). The maximum absolute atomic E-state index is 12.4. The smallest absolute Gasteiger partial charge is 0.317 e. The molecule has 1 N–H and O–H groups in total. The van der Waals surface area contributed by atoms with E-state index in [0.717, 1.165) is 0 Å². The van der Waals surface area contributed by atoms with Crippen molar-refractivity contribution in [1.29, 1.82) is 0 Å². The fraction of sp³-hybridized carbons (Fsp3) is 0.647. The van der Waals surface area contributed by atoms with E-state index < -0.39 is 10.0 Å². The second-order valence-corrected chi connectivity index (χ2v) is 9.04. The predicted molar refractivity (Wildman–Crippen MR) is 98.8 cm³/mol. The number of piperidine rings is 1. The zero-order valence-electron chi connectivity index (χ0n) is 15.5. The minimum atomic E-state index is -3.20. The topological polar surface area (TPSA) is 103 Å². The predicted octanol–water partition coefficient (Wildman–Crippen LogP) is 0.561. The summed E-state index contributed by atoms with van der Waals surface area (Å²) in [4.78, 5) is 28.1. The highest BCUT2D eigenvalue weighted by Gasteiger charge is 2.30. The number of nitrogens with zero attached hydrogens (tertiary/aromatic N) is 3. The molecule has 3 rings (SSSR count). The van der Waals surface area contributed by atoms with Gasteiger partial charge in [0, 0.05) is 45.3 Å². The first-order chi connectivity index (χ1) is 12.9. The van der Waals surface area contributed by atoms with Gasteiger partial charge < -0.3 is 19.5 Å². The quantitative estimate of drug-likeness (QED) is 0.798. The van der Waals surface area contributed by atoms with Crippen molar-refractivity contribution in [1.82, 2.24) is 19.4 Å². The summed E-state index contributed by atoms with van der Waals surface area (Å²) < 4.78 is 30.4. The van der Waals surface area contributed by atoms with E-state index in [1.807, 2.05) is 0 Å². The summed E-state index contributed by atoms with van der Waals surface area (Å²) in [5.74, 6) is 0.282. The molecular weight excluding hydrogens is 372 g/mol. The first-order valence-corrected chi connectivity index (χ1v) is 10.9. The van der Waals surface area contributed by atoms with E-state index in [2.05, 4.69) is 5.32 Å². The van der Waals surface area contributed by atoms with E-state index >= 15 is 0 Å². The first kappa shape index (κ1) is 19.7. The number of nitrogens with one attached hydrogen (secondary N) is 1. The van der Waals surface area contributed by atoms with Crippen LogP contribution in [-0.4, -0.2) is 85.5 Å². The van der Waals surface area contributed by atoms with Gasteiger partial charge in [-0.2, -0.15) is 4.31 Å². The van der Waals surface area contributed by atoms with Crippen LogP contribution < -0.4 is 5.32 Å². The Balaban J connectivity index is 1.43. The summed E-state index contributed by atoms with van der Waals surface area (Å²) in [6.45, 7) is 4.19. The normalized spacial score (nSPS) is 19.9. The Morgan fingerprint density at radius 2 is 1.78 bits per heavy atom. The van der Waals surface area contributed by atoms with Crippen molar-refractivity contribution in [3.8, 4) is 0 Å². The first-order valence-electron chi connectivity index (χ1n) is 9.26. The lowest BCUT2D eigenvalue weighted by Crippen LogP contribution is -2.56. The zero-order chi connectivity index (χ0) is 19.4. The highest BCUT2D eigenvalue weighted by atomic mass is 32.2. The van der Waals surface area contributed by atoms with Gasteiger partial charge in [-0.3, -0.25) is 4.79 Å².